The second-order valence-electron chi connectivity index (χ2n) is 4.90. The van der Waals surface area contributed by atoms with Crippen molar-refractivity contribution in [2.45, 2.75) is 18.6 Å². The average Bonchev–Trinajstić information content (AvgIpc) is 2.45. The van der Waals surface area contributed by atoms with E-state index in [2.05, 4.69) is 29.7 Å². The quantitative estimate of drug-likeness (QED) is 0.799. The Morgan fingerprint density at radius 3 is 3.17 bits per heavy atom. The van der Waals surface area contributed by atoms with Crippen LogP contribution in [0, 0.1) is 0 Å². The molecule has 2 atom stereocenters. The molecule has 0 N–H and O–H groups in total. The molecule has 2 aliphatic rings. The number of anilines is 1. The molecule has 1 fully saturated rings. The molecule has 18 heavy (non-hydrogen) atoms. The number of ether oxygens (including phenoxy) is 2. The van der Waals surface area contributed by atoms with E-state index in [0.717, 1.165) is 31.7 Å². The zero-order valence-corrected chi connectivity index (χ0v) is 10.8. The maximum atomic E-state index is 5.63. The monoisotopic (exact) mass is 245 g/mol. The Bertz CT molecular complexity index is 458. The smallest absolute Gasteiger partial charge is 0.0861 e. The fraction of sp³-hybridized carbons (Fsp3) is 0.467. The van der Waals surface area contributed by atoms with Gasteiger partial charge < -0.3 is 14.4 Å². The van der Waals surface area contributed by atoms with Crippen molar-refractivity contribution >= 4 is 11.8 Å². The van der Waals surface area contributed by atoms with Crippen LogP contribution in [0.4, 0.5) is 5.69 Å². The SMILES string of the molecule is C=Cc1ccc2c(c1)N1CCOCC1CC2OC. The molecule has 0 spiro atoms. The fourth-order valence-corrected chi connectivity index (χ4v) is 2.97. The molecule has 0 radical (unpaired) electrons. The van der Waals surface area contributed by atoms with Gasteiger partial charge in [-0.15, -0.1) is 0 Å². The first-order chi connectivity index (χ1) is 8.83. The maximum Gasteiger partial charge on any atom is 0.0861 e. The second-order valence-corrected chi connectivity index (χ2v) is 4.90. The summed E-state index contributed by atoms with van der Waals surface area (Å²) in [6, 6.07) is 6.94. The van der Waals surface area contributed by atoms with Crippen LogP contribution in [-0.2, 0) is 9.47 Å². The van der Waals surface area contributed by atoms with Crippen LogP contribution in [0.5, 0.6) is 0 Å². The van der Waals surface area contributed by atoms with Gasteiger partial charge in [-0.1, -0.05) is 24.8 Å². The van der Waals surface area contributed by atoms with E-state index >= 15 is 0 Å². The Kier molecular flexibility index (Phi) is 3.10. The van der Waals surface area contributed by atoms with E-state index in [9.17, 15) is 0 Å². The van der Waals surface area contributed by atoms with Crippen LogP contribution >= 0.6 is 0 Å². The van der Waals surface area contributed by atoms with E-state index in [0.29, 0.717) is 6.04 Å². The number of benzene rings is 1. The van der Waals surface area contributed by atoms with Crippen molar-refractivity contribution in [1.29, 1.82) is 0 Å². The highest BCUT2D eigenvalue weighted by Crippen LogP contribution is 2.40. The third-order valence-corrected chi connectivity index (χ3v) is 3.94. The molecular weight excluding hydrogens is 226 g/mol. The minimum atomic E-state index is 0.182. The zero-order valence-electron chi connectivity index (χ0n) is 10.8. The summed E-state index contributed by atoms with van der Waals surface area (Å²) >= 11 is 0. The second kappa shape index (κ2) is 4.75. The van der Waals surface area contributed by atoms with Gasteiger partial charge in [0.2, 0.25) is 0 Å². The maximum absolute atomic E-state index is 5.63. The highest BCUT2D eigenvalue weighted by atomic mass is 16.5. The summed E-state index contributed by atoms with van der Waals surface area (Å²) in [7, 11) is 1.79. The van der Waals surface area contributed by atoms with E-state index in [1.165, 1.54) is 11.3 Å². The molecule has 2 aliphatic heterocycles. The van der Waals surface area contributed by atoms with Gasteiger partial charge in [0.15, 0.2) is 0 Å². The molecule has 3 nitrogen and oxygen atoms in total. The van der Waals surface area contributed by atoms with Crippen molar-refractivity contribution in [2.24, 2.45) is 0 Å². The summed E-state index contributed by atoms with van der Waals surface area (Å²) < 4.78 is 11.2. The highest BCUT2D eigenvalue weighted by Gasteiger charge is 2.34. The van der Waals surface area contributed by atoms with Gasteiger partial charge in [-0.25, -0.2) is 0 Å². The third kappa shape index (κ3) is 1.84. The predicted octanol–water partition coefficient (Wildman–Crippen LogP) is 2.63. The molecule has 0 bridgehead atoms. The van der Waals surface area contributed by atoms with Gasteiger partial charge in [0.1, 0.15) is 0 Å². The van der Waals surface area contributed by atoms with Crippen molar-refractivity contribution in [1.82, 2.24) is 0 Å². The Labute approximate surface area is 108 Å². The topological polar surface area (TPSA) is 21.7 Å². The minimum Gasteiger partial charge on any atom is -0.377 e. The highest BCUT2D eigenvalue weighted by molar-refractivity contribution is 5.64. The average molecular weight is 245 g/mol. The van der Waals surface area contributed by atoms with Crippen molar-refractivity contribution in [3.8, 4) is 0 Å². The van der Waals surface area contributed by atoms with Gasteiger partial charge >= 0.3 is 0 Å². The molecule has 3 heteroatoms. The molecule has 96 valence electrons. The van der Waals surface area contributed by atoms with Gasteiger partial charge in [0.05, 0.1) is 25.4 Å². The van der Waals surface area contributed by atoms with Gasteiger partial charge in [-0.2, -0.15) is 0 Å². The summed E-state index contributed by atoms with van der Waals surface area (Å²) in [4.78, 5) is 2.46. The largest absolute Gasteiger partial charge is 0.377 e. The summed E-state index contributed by atoms with van der Waals surface area (Å²) in [5.41, 5.74) is 3.75. The van der Waals surface area contributed by atoms with Crippen LogP contribution < -0.4 is 4.90 Å². The van der Waals surface area contributed by atoms with E-state index in [1.807, 2.05) is 6.08 Å². The molecule has 2 unspecified atom stereocenters. The standard InChI is InChI=1S/C15H19NO2/c1-3-11-4-5-13-14(8-11)16-6-7-18-10-12(16)9-15(13)17-2/h3-5,8,12,15H,1,6-7,9-10H2,2H3. The van der Waals surface area contributed by atoms with Crippen LogP contribution in [0.3, 0.4) is 0 Å². The molecule has 0 aromatic heterocycles. The normalized spacial score (nSPS) is 26.4. The number of rotatable bonds is 2. The number of hydrogen-bond acceptors (Lipinski definition) is 3. The number of methoxy groups -OCH3 is 1. The fourth-order valence-electron chi connectivity index (χ4n) is 2.97. The van der Waals surface area contributed by atoms with E-state index < -0.39 is 0 Å². The Balaban J connectivity index is 2.05. The van der Waals surface area contributed by atoms with E-state index in [4.69, 9.17) is 9.47 Å². The van der Waals surface area contributed by atoms with Gasteiger partial charge in [0.25, 0.3) is 0 Å². The molecule has 0 aliphatic carbocycles. The Hall–Kier alpha value is -1.32. The molecule has 0 amide bonds. The minimum absolute atomic E-state index is 0.182. The number of nitrogens with zero attached hydrogens (tertiary/aromatic N) is 1. The molecule has 2 heterocycles. The molecule has 1 saturated heterocycles. The van der Waals surface area contributed by atoms with Crippen LogP contribution in [0.2, 0.25) is 0 Å². The first-order valence-corrected chi connectivity index (χ1v) is 6.47. The van der Waals surface area contributed by atoms with E-state index in [-0.39, 0.29) is 6.10 Å². The summed E-state index contributed by atoms with van der Waals surface area (Å²) in [6.45, 7) is 6.43. The summed E-state index contributed by atoms with van der Waals surface area (Å²) in [5.74, 6) is 0. The predicted molar refractivity (Wildman–Crippen MR) is 72.9 cm³/mol. The first kappa shape index (κ1) is 11.8. The van der Waals surface area contributed by atoms with Crippen molar-refractivity contribution < 1.29 is 9.47 Å². The van der Waals surface area contributed by atoms with Crippen molar-refractivity contribution in [3.05, 3.63) is 35.9 Å². The van der Waals surface area contributed by atoms with Crippen molar-refractivity contribution in [3.63, 3.8) is 0 Å². The third-order valence-electron chi connectivity index (χ3n) is 3.94. The van der Waals surface area contributed by atoms with E-state index in [1.54, 1.807) is 7.11 Å². The zero-order chi connectivity index (χ0) is 12.5. The molecular formula is C15H19NO2. The number of hydrogen-bond donors (Lipinski definition) is 0. The summed E-state index contributed by atoms with van der Waals surface area (Å²) in [5, 5.41) is 0. The van der Waals surface area contributed by atoms with Gasteiger partial charge in [0, 0.05) is 31.3 Å². The number of morpholine rings is 1. The first-order valence-electron chi connectivity index (χ1n) is 6.47. The molecule has 0 saturated carbocycles. The molecule has 1 aromatic rings. The molecule has 1 aromatic carbocycles. The van der Waals surface area contributed by atoms with Crippen LogP contribution in [0.1, 0.15) is 23.7 Å². The van der Waals surface area contributed by atoms with Crippen LogP contribution in [0.15, 0.2) is 24.8 Å². The summed E-state index contributed by atoms with van der Waals surface area (Å²) in [6.07, 6.45) is 3.09. The van der Waals surface area contributed by atoms with Crippen molar-refractivity contribution in [2.75, 3.05) is 31.8 Å². The van der Waals surface area contributed by atoms with Crippen LogP contribution in [-0.4, -0.2) is 32.9 Å². The van der Waals surface area contributed by atoms with Gasteiger partial charge in [-0.05, 0) is 11.6 Å². The van der Waals surface area contributed by atoms with Crippen LogP contribution in [0.25, 0.3) is 6.08 Å². The Morgan fingerprint density at radius 2 is 2.39 bits per heavy atom. The lowest BCUT2D eigenvalue weighted by Gasteiger charge is -2.44. The lowest BCUT2D eigenvalue weighted by atomic mass is 9.91. The van der Waals surface area contributed by atoms with Gasteiger partial charge in [-0.3, -0.25) is 0 Å². The Morgan fingerprint density at radius 1 is 1.50 bits per heavy atom. The number of fused-ring (bicyclic) bond motifs is 3. The molecule has 3 rings (SSSR count). The lowest BCUT2D eigenvalue weighted by molar-refractivity contribution is 0.0403. The lowest BCUT2D eigenvalue weighted by Crippen LogP contribution is -2.49.